The molecule has 1 amide bonds. The fraction of sp³-hybridized carbons (Fsp3) is 0.930. The first kappa shape index (κ1) is 79.0. The van der Waals surface area contributed by atoms with Crippen LogP contribution in [0.15, 0.2) is 24.3 Å². The lowest BCUT2D eigenvalue weighted by molar-refractivity contribution is -0.870. The Morgan fingerprint density at radius 1 is 0.412 bits per heavy atom. The number of phosphoric ester groups is 1. The standard InChI is InChI=1S/C71H141N2O6P/c1-6-8-10-12-14-16-18-20-22-24-26-28-30-32-34-35-36-37-38-39-40-42-44-46-48-50-52-54-56-58-60-62-64-70(74)69(68-79-80(76,77)78-67-66-73(3,4)5)72-71(75)65-63-61-59-57-55-53-51-49-47-45-43-41-33-31-29-27-25-23-21-19-17-15-13-11-9-7-2/h54,56,62,64,69-70,74H,6-53,55,57-61,63,65-68H2,1-5H3,(H-,72,75,76,77)/p+1/b56-54+,64-62+. The van der Waals surface area contributed by atoms with Crippen LogP contribution in [0.1, 0.15) is 373 Å². The van der Waals surface area contributed by atoms with Crippen LogP contribution in [0.4, 0.5) is 0 Å². The van der Waals surface area contributed by atoms with Gasteiger partial charge in [-0.25, -0.2) is 4.57 Å². The first-order valence-corrected chi connectivity index (χ1v) is 37.2. The highest BCUT2D eigenvalue weighted by atomic mass is 31.2. The van der Waals surface area contributed by atoms with Crippen molar-refractivity contribution >= 4 is 13.7 Å². The van der Waals surface area contributed by atoms with Crippen molar-refractivity contribution in [1.82, 2.24) is 5.32 Å². The molecule has 0 heterocycles. The Bertz CT molecular complexity index is 1350. The van der Waals surface area contributed by atoms with Gasteiger partial charge >= 0.3 is 7.82 Å². The Morgan fingerprint density at radius 2 is 0.688 bits per heavy atom. The molecule has 0 radical (unpaired) electrons. The molecule has 0 saturated carbocycles. The third kappa shape index (κ3) is 64.5. The predicted molar refractivity (Wildman–Crippen MR) is 351 cm³/mol. The van der Waals surface area contributed by atoms with E-state index in [2.05, 4.69) is 31.3 Å². The molecule has 8 nitrogen and oxygen atoms in total. The van der Waals surface area contributed by atoms with E-state index in [-0.39, 0.29) is 19.1 Å². The number of nitrogens with one attached hydrogen (secondary N) is 1. The molecule has 0 bridgehead atoms. The molecule has 3 unspecified atom stereocenters. The minimum absolute atomic E-state index is 0.0591. The number of rotatable bonds is 67. The molecule has 0 aliphatic heterocycles. The molecule has 3 atom stereocenters. The third-order valence-corrected chi connectivity index (χ3v) is 17.7. The highest BCUT2D eigenvalue weighted by Gasteiger charge is 2.28. The Labute approximate surface area is 500 Å². The Morgan fingerprint density at radius 3 is 1.00 bits per heavy atom. The Balaban J connectivity index is 4.06. The first-order chi connectivity index (χ1) is 39.0. The fourth-order valence-electron chi connectivity index (χ4n) is 11.1. The van der Waals surface area contributed by atoms with Crippen LogP contribution in [0.5, 0.6) is 0 Å². The van der Waals surface area contributed by atoms with Crippen molar-refractivity contribution in [2.45, 2.75) is 386 Å². The molecule has 0 rings (SSSR count). The molecule has 0 aromatic carbocycles. The molecule has 0 fully saturated rings. The zero-order valence-electron chi connectivity index (χ0n) is 54.6. The lowest BCUT2D eigenvalue weighted by Crippen LogP contribution is -2.45. The largest absolute Gasteiger partial charge is 0.472 e. The van der Waals surface area contributed by atoms with Crippen molar-refractivity contribution in [3.8, 4) is 0 Å². The summed E-state index contributed by atoms with van der Waals surface area (Å²) in [6, 6.07) is -0.862. The molecule has 9 heteroatoms. The number of nitrogens with zero attached hydrogens (tertiary/aromatic N) is 1. The number of quaternary nitrogens is 1. The molecular formula is C71H142N2O6P+. The lowest BCUT2D eigenvalue weighted by Gasteiger charge is -2.25. The molecule has 0 spiro atoms. The molecule has 0 aromatic rings. The summed E-state index contributed by atoms with van der Waals surface area (Å²) in [4.78, 5) is 23.4. The van der Waals surface area contributed by atoms with Crippen LogP contribution in [0.2, 0.25) is 0 Å². The summed E-state index contributed by atoms with van der Waals surface area (Å²) in [5.41, 5.74) is 0. The SMILES string of the molecule is CCCCCCCCCCCCCCCCCCCCCCCCCCCC/C=C/CC/C=C/C(O)C(COP(=O)(O)OCC[N+](C)(C)C)NC(=O)CCCCCCCCCCCCCCCCCCCCCCCCCCCC. The maximum atomic E-state index is 13.0. The fourth-order valence-corrected chi connectivity index (χ4v) is 11.9. The molecular weight excluding hydrogens is 1010 g/mol. The quantitative estimate of drug-likeness (QED) is 0.0243. The van der Waals surface area contributed by atoms with E-state index in [1.54, 1.807) is 6.08 Å². The molecule has 0 aliphatic rings. The first-order valence-electron chi connectivity index (χ1n) is 35.7. The summed E-state index contributed by atoms with van der Waals surface area (Å²) in [6.07, 6.45) is 82.0. The van der Waals surface area contributed by atoms with Crippen molar-refractivity contribution in [2.24, 2.45) is 0 Å². The number of hydrogen-bond acceptors (Lipinski definition) is 5. The van der Waals surface area contributed by atoms with Crippen molar-refractivity contribution in [1.29, 1.82) is 0 Å². The van der Waals surface area contributed by atoms with Crippen molar-refractivity contribution in [3.05, 3.63) is 24.3 Å². The second-order valence-electron chi connectivity index (χ2n) is 26.0. The van der Waals surface area contributed by atoms with Crippen LogP contribution in [0.3, 0.4) is 0 Å². The van der Waals surface area contributed by atoms with Crippen LogP contribution in [0, 0.1) is 0 Å². The Hall–Kier alpha value is -1.02. The van der Waals surface area contributed by atoms with Crippen LogP contribution >= 0.6 is 7.82 Å². The van der Waals surface area contributed by atoms with E-state index in [0.29, 0.717) is 17.4 Å². The summed E-state index contributed by atoms with van der Waals surface area (Å²) in [5, 5.41) is 14.0. The van der Waals surface area contributed by atoms with Gasteiger partial charge in [0.15, 0.2) is 0 Å². The number of hydrogen-bond donors (Lipinski definition) is 3. The zero-order chi connectivity index (χ0) is 58.4. The maximum absolute atomic E-state index is 13.0. The van der Waals surface area contributed by atoms with Gasteiger partial charge in [-0.2, -0.15) is 0 Å². The zero-order valence-corrected chi connectivity index (χ0v) is 55.5. The number of carbonyl (C=O) groups is 1. The summed E-state index contributed by atoms with van der Waals surface area (Å²) < 4.78 is 23.8. The van der Waals surface area contributed by atoms with Crippen molar-refractivity contribution in [2.75, 3.05) is 40.9 Å². The minimum Gasteiger partial charge on any atom is -0.387 e. The molecule has 476 valence electrons. The molecule has 80 heavy (non-hydrogen) atoms. The van der Waals surface area contributed by atoms with Crippen molar-refractivity contribution < 1.29 is 32.9 Å². The van der Waals surface area contributed by atoms with Gasteiger partial charge in [-0.05, 0) is 32.1 Å². The van der Waals surface area contributed by atoms with Gasteiger partial charge in [0.2, 0.25) is 5.91 Å². The summed E-state index contributed by atoms with van der Waals surface area (Å²) in [7, 11) is 1.58. The van der Waals surface area contributed by atoms with E-state index in [1.807, 2.05) is 27.2 Å². The number of phosphoric acid groups is 1. The number of unbranched alkanes of at least 4 members (excludes halogenated alkanes) is 52. The smallest absolute Gasteiger partial charge is 0.387 e. The van der Waals surface area contributed by atoms with Gasteiger partial charge in [-0.15, -0.1) is 0 Å². The van der Waals surface area contributed by atoms with Gasteiger partial charge in [0.05, 0.1) is 39.9 Å². The summed E-state index contributed by atoms with van der Waals surface area (Å²) >= 11 is 0. The topological polar surface area (TPSA) is 105 Å². The average molecular weight is 1150 g/mol. The van der Waals surface area contributed by atoms with Gasteiger partial charge in [0.25, 0.3) is 0 Å². The number of aliphatic hydroxyl groups is 1. The van der Waals surface area contributed by atoms with Gasteiger partial charge < -0.3 is 19.8 Å². The lowest BCUT2D eigenvalue weighted by atomic mass is 10.0. The van der Waals surface area contributed by atoms with Crippen molar-refractivity contribution in [3.63, 3.8) is 0 Å². The Kier molecular flexibility index (Phi) is 61.7. The van der Waals surface area contributed by atoms with Crippen LogP contribution < -0.4 is 5.32 Å². The van der Waals surface area contributed by atoms with Crippen LogP contribution in [-0.2, 0) is 18.4 Å². The van der Waals surface area contributed by atoms with E-state index < -0.39 is 20.0 Å². The van der Waals surface area contributed by atoms with E-state index >= 15 is 0 Å². The van der Waals surface area contributed by atoms with Crippen LogP contribution in [-0.4, -0.2) is 73.4 Å². The molecule has 0 aliphatic carbocycles. The van der Waals surface area contributed by atoms with Gasteiger partial charge in [-0.3, -0.25) is 13.8 Å². The van der Waals surface area contributed by atoms with E-state index in [1.165, 1.54) is 315 Å². The average Bonchev–Trinajstić information content (AvgIpc) is 3.42. The second-order valence-corrected chi connectivity index (χ2v) is 27.4. The van der Waals surface area contributed by atoms with Gasteiger partial charge in [-0.1, -0.05) is 359 Å². The molecule has 3 N–H and O–H groups in total. The van der Waals surface area contributed by atoms with Gasteiger partial charge in [0.1, 0.15) is 13.2 Å². The molecule has 0 saturated heterocycles. The number of allylic oxidation sites excluding steroid dienone is 3. The minimum atomic E-state index is -4.36. The number of aliphatic hydroxyl groups excluding tert-OH is 1. The molecule has 0 aromatic heterocycles. The normalized spacial score (nSPS) is 13.7. The number of amides is 1. The number of likely N-dealkylation sites (N-methyl/N-ethyl adjacent to an activating group) is 1. The maximum Gasteiger partial charge on any atom is 0.472 e. The monoisotopic (exact) mass is 1150 g/mol. The predicted octanol–water partition coefficient (Wildman–Crippen LogP) is 22.7. The van der Waals surface area contributed by atoms with E-state index in [4.69, 9.17) is 9.05 Å². The highest BCUT2D eigenvalue weighted by Crippen LogP contribution is 2.43. The summed E-state index contributed by atoms with van der Waals surface area (Å²) in [5.74, 6) is -0.178. The van der Waals surface area contributed by atoms with E-state index in [0.717, 1.165) is 38.5 Å². The van der Waals surface area contributed by atoms with Crippen LogP contribution in [0.25, 0.3) is 0 Å². The number of carbonyl (C=O) groups excluding carboxylic acids is 1. The van der Waals surface area contributed by atoms with Gasteiger partial charge in [0, 0.05) is 6.42 Å². The third-order valence-electron chi connectivity index (χ3n) is 16.7. The second kappa shape index (κ2) is 62.5. The highest BCUT2D eigenvalue weighted by molar-refractivity contribution is 7.47. The summed E-state index contributed by atoms with van der Waals surface area (Å²) in [6.45, 7) is 4.87. The van der Waals surface area contributed by atoms with E-state index in [9.17, 15) is 19.4 Å².